The highest BCUT2D eigenvalue weighted by atomic mass is 79.9. The SMILES string of the molecule is ClCc1nc2cc(Br)cnc2n1CCOC1CCCC1. The predicted octanol–water partition coefficient (Wildman–Crippen LogP) is 3.89. The second-order valence-corrected chi connectivity index (χ2v) is 6.27. The molecule has 6 heteroatoms. The van der Waals surface area contributed by atoms with Crippen molar-refractivity contribution in [3.8, 4) is 0 Å². The van der Waals surface area contributed by atoms with E-state index in [4.69, 9.17) is 16.3 Å². The lowest BCUT2D eigenvalue weighted by atomic mass is 10.3. The molecule has 2 heterocycles. The van der Waals surface area contributed by atoms with E-state index >= 15 is 0 Å². The average molecular weight is 359 g/mol. The Hall–Kier alpha value is -0.650. The van der Waals surface area contributed by atoms with Crippen molar-refractivity contribution < 1.29 is 4.74 Å². The van der Waals surface area contributed by atoms with Crippen LogP contribution < -0.4 is 0 Å². The van der Waals surface area contributed by atoms with Crippen LogP contribution in [0.15, 0.2) is 16.7 Å². The van der Waals surface area contributed by atoms with Crippen molar-refractivity contribution in [3.05, 3.63) is 22.6 Å². The Kier molecular flexibility index (Phi) is 4.58. The molecule has 2 aromatic heterocycles. The van der Waals surface area contributed by atoms with Crippen molar-refractivity contribution in [2.75, 3.05) is 6.61 Å². The Balaban J connectivity index is 1.75. The van der Waals surface area contributed by atoms with Crippen LogP contribution in [0.25, 0.3) is 11.2 Å². The molecule has 0 aromatic carbocycles. The standard InChI is InChI=1S/C14H17BrClN3O/c15-10-7-12-14(17-9-10)19(13(8-16)18-12)5-6-20-11-3-1-2-4-11/h7,9,11H,1-6,8H2. The Morgan fingerprint density at radius 3 is 2.95 bits per heavy atom. The monoisotopic (exact) mass is 357 g/mol. The molecule has 1 fully saturated rings. The minimum absolute atomic E-state index is 0.386. The van der Waals surface area contributed by atoms with E-state index in [9.17, 15) is 0 Å². The van der Waals surface area contributed by atoms with Gasteiger partial charge in [0, 0.05) is 17.2 Å². The van der Waals surface area contributed by atoms with Crippen molar-refractivity contribution in [2.45, 2.75) is 44.2 Å². The first-order valence-electron chi connectivity index (χ1n) is 6.96. The fraction of sp³-hybridized carbons (Fsp3) is 0.571. The first kappa shape index (κ1) is 14.3. The number of alkyl halides is 1. The van der Waals surface area contributed by atoms with Gasteiger partial charge in [-0.2, -0.15) is 0 Å². The Morgan fingerprint density at radius 2 is 2.20 bits per heavy atom. The molecule has 0 amide bonds. The minimum atomic E-state index is 0.386. The zero-order valence-corrected chi connectivity index (χ0v) is 13.5. The molecule has 0 atom stereocenters. The summed E-state index contributed by atoms with van der Waals surface area (Å²) in [5, 5.41) is 0. The maximum atomic E-state index is 5.99. The van der Waals surface area contributed by atoms with Gasteiger partial charge in [0.15, 0.2) is 5.65 Å². The lowest BCUT2D eigenvalue weighted by molar-refractivity contribution is 0.0531. The number of hydrogen-bond acceptors (Lipinski definition) is 3. The summed E-state index contributed by atoms with van der Waals surface area (Å²) >= 11 is 9.40. The summed E-state index contributed by atoms with van der Waals surface area (Å²) in [6, 6.07) is 1.96. The molecule has 0 aliphatic heterocycles. The van der Waals surface area contributed by atoms with E-state index in [1.807, 2.05) is 6.07 Å². The van der Waals surface area contributed by atoms with Gasteiger partial charge < -0.3 is 9.30 Å². The minimum Gasteiger partial charge on any atom is -0.376 e. The molecule has 0 bridgehead atoms. The molecule has 4 nitrogen and oxygen atoms in total. The molecule has 0 spiro atoms. The highest BCUT2D eigenvalue weighted by Gasteiger charge is 2.16. The predicted molar refractivity (Wildman–Crippen MR) is 83.0 cm³/mol. The number of aromatic nitrogens is 3. The van der Waals surface area contributed by atoms with Crippen molar-refractivity contribution in [1.82, 2.24) is 14.5 Å². The lowest BCUT2D eigenvalue weighted by Crippen LogP contribution is -2.14. The molecule has 1 aliphatic carbocycles. The molecule has 0 N–H and O–H groups in total. The first-order valence-corrected chi connectivity index (χ1v) is 8.29. The summed E-state index contributed by atoms with van der Waals surface area (Å²) in [7, 11) is 0. The van der Waals surface area contributed by atoms with E-state index in [2.05, 4.69) is 30.5 Å². The number of fused-ring (bicyclic) bond motifs is 1. The van der Waals surface area contributed by atoms with Crippen LogP contribution in [0.5, 0.6) is 0 Å². The third-order valence-electron chi connectivity index (χ3n) is 3.72. The van der Waals surface area contributed by atoms with Gasteiger partial charge in [-0.05, 0) is 34.8 Å². The summed E-state index contributed by atoms with van der Waals surface area (Å²) in [6.07, 6.45) is 7.20. The van der Waals surface area contributed by atoms with Crippen LogP contribution in [-0.2, 0) is 17.2 Å². The third-order valence-corrected chi connectivity index (χ3v) is 4.39. The van der Waals surface area contributed by atoms with Gasteiger partial charge in [0.25, 0.3) is 0 Å². The van der Waals surface area contributed by atoms with Gasteiger partial charge in [0.2, 0.25) is 0 Å². The maximum Gasteiger partial charge on any atom is 0.160 e. The summed E-state index contributed by atoms with van der Waals surface area (Å²) in [5.41, 5.74) is 1.75. The third kappa shape index (κ3) is 3.00. The topological polar surface area (TPSA) is 39.9 Å². The zero-order valence-electron chi connectivity index (χ0n) is 11.2. The Morgan fingerprint density at radius 1 is 1.40 bits per heavy atom. The van der Waals surface area contributed by atoms with E-state index in [0.29, 0.717) is 18.6 Å². The summed E-state index contributed by atoms with van der Waals surface area (Å²) < 4.78 is 8.91. The molecular formula is C14H17BrClN3O. The molecular weight excluding hydrogens is 342 g/mol. The van der Waals surface area contributed by atoms with Gasteiger partial charge >= 0.3 is 0 Å². The molecule has 0 radical (unpaired) electrons. The Labute approximate surface area is 131 Å². The van der Waals surface area contributed by atoms with Gasteiger partial charge in [-0.1, -0.05) is 12.8 Å². The molecule has 2 aromatic rings. The van der Waals surface area contributed by atoms with Crippen LogP contribution in [0.3, 0.4) is 0 Å². The van der Waals surface area contributed by atoms with E-state index in [0.717, 1.165) is 28.0 Å². The molecule has 1 aliphatic rings. The zero-order chi connectivity index (χ0) is 13.9. The van der Waals surface area contributed by atoms with Gasteiger partial charge in [-0.3, -0.25) is 0 Å². The Bertz CT molecular complexity index is 595. The average Bonchev–Trinajstić information content (AvgIpc) is 3.06. The number of ether oxygens (including phenoxy) is 1. The van der Waals surface area contributed by atoms with Crippen LogP contribution >= 0.6 is 27.5 Å². The van der Waals surface area contributed by atoms with Crippen molar-refractivity contribution in [1.29, 1.82) is 0 Å². The lowest BCUT2D eigenvalue weighted by Gasteiger charge is -2.12. The normalized spacial score (nSPS) is 16.3. The second-order valence-electron chi connectivity index (χ2n) is 5.09. The molecule has 1 saturated carbocycles. The number of imidazole rings is 1. The van der Waals surface area contributed by atoms with Gasteiger partial charge in [0.1, 0.15) is 11.3 Å². The van der Waals surface area contributed by atoms with Crippen molar-refractivity contribution >= 4 is 38.7 Å². The highest BCUT2D eigenvalue weighted by molar-refractivity contribution is 9.10. The van der Waals surface area contributed by atoms with Gasteiger partial charge in [0.05, 0.1) is 18.6 Å². The number of nitrogens with zero attached hydrogens (tertiary/aromatic N) is 3. The molecule has 0 unspecified atom stereocenters. The number of halogens is 2. The quantitative estimate of drug-likeness (QED) is 0.761. The van der Waals surface area contributed by atoms with Crippen molar-refractivity contribution in [2.24, 2.45) is 0 Å². The molecule has 20 heavy (non-hydrogen) atoms. The molecule has 3 rings (SSSR count). The van der Waals surface area contributed by atoms with E-state index in [-0.39, 0.29) is 0 Å². The van der Waals surface area contributed by atoms with Crippen LogP contribution in [0.4, 0.5) is 0 Å². The van der Waals surface area contributed by atoms with Crippen molar-refractivity contribution in [3.63, 3.8) is 0 Å². The van der Waals surface area contributed by atoms with Crippen LogP contribution in [0.2, 0.25) is 0 Å². The number of pyridine rings is 1. The number of hydrogen-bond donors (Lipinski definition) is 0. The summed E-state index contributed by atoms with van der Waals surface area (Å²) in [6.45, 7) is 1.45. The number of rotatable bonds is 5. The summed E-state index contributed by atoms with van der Waals surface area (Å²) in [5.74, 6) is 1.24. The fourth-order valence-corrected chi connectivity index (χ4v) is 3.26. The maximum absolute atomic E-state index is 5.99. The van der Waals surface area contributed by atoms with E-state index < -0.39 is 0 Å². The fourth-order valence-electron chi connectivity index (χ4n) is 2.74. The smallest absolute Gasteiger partial charge is 0.160 e. The van der Waals surface area contributed by atoms with E-state index in [1.54, 1.807) is 6.20 Å². The van der Waals surface area contributed by atoms with Gasteiger partial charge in [-0.15, -0.1) is 11.6 Å². The molecule has 0 saturated heterocycles. The van der Waals surface area contributed by atoms with Gasteiger partial charge in [-0.25, -0.2) is 9.97 Å². The molecule has 108 valence electrons. The highest BCUT2D eigenvalue weighted by Crippen LogP contribution is 2.22. The summed E-state index contributed by atoms with van der Waals surface area (Å²) in [4.78, 5) is 8.96. The van der Waals surface area contributed by atoms with Crippen LogP contribution in [-0.4, -0.2) is 27.2 Å². The second kappa shape index (κ2) is 6.41. The van der Waals surface area contributed by atoms with Crippen LogP contribution in [0.1, 0.15) is 31.5 Å². The largest absolute Gasteiger partial charge is 0.376 e. The van der Waals surface area contributed by atoms with E-state index in [1.165, 1.54) is 25.7 Å². The first-order chi connectivity index (χ1) is 9.78. The van der Waals surface area contributed by atoms with Crippen LogP contribution in [0, 0.1) is 0 Å².